The van der Waals surface area contributed by atoms with Crippen molar-refractivity contribution in [2.24, 2.45) is 9.50 Å². The van der Waals surface area contributed by atoms with Gasteiger partial charge in [-0.15, -0.1) is 15.7 Å². The molecule has 30 heavy (non-hydrogen) atoms. The fraction of sp³-hybridized carbons (Fsp3) is 0.476. The van der Waals surface area contributed by atoms with Gasteiger partial charge in [0.15, 0.2) is 9.92 Å². The molecule has 162 valence electrons. The van der Waals surface area contributed by atoms with Crippen molar-refractivity contribution in [3.05, 3.63) is 45.5 Å². The number of hydrogen-bond acceptors (Lipinski definition) is 6. The van der Waals surface area contributed by atoms with Crippen molar-refractivity contribution >= 4 is 27.2 Å². The number of carbonyl (C=O) groups excluding carboxylic acids is 1. The van der Waals surface area contributed by atoms with Crippen LogP contribution in [0.2, 0.25) is 0 Å². The molecule has 2 rings (SSSR count). The first kappa shape index (κ1) is 24.2. The number of amides is 1. The molecule has 7 nitrogen and oxygen atoms in total. The van der Waals surface area contributed by atoms with E-state index in [2.05, 4.69) is 15.4 Å². The Bertz CT molecular complexity index is 1080. The van der Waals surface area contributed by atoms with Gasteiger partial charge in [-0.1, -0.05) is 27.7 Å². The van der Waals surface area contributed by atoms with Crippen LogP contribution in [0.1, 0.15) is 80.5 Å². The lowest BCUT2D eigenvalue weighted by molar-refractivity contribution is -0.117. The predicted octanol–water partition coefficient (Wildman–Crippen LogP) is 3.96. The number of thiazole rings is 1. The van der Waals surface area contributed by atoms with Crippen LogP contribution < -0.4 is 5.14 Å². The van der Waals surface area contributed by atoms with E-state index < -0.39 is 21.4 Å². The molecule has 0 aliphatic rings. The van der Waals surface area contributed by atoms with Gasteiger partial charge in [0.2, 0.25) is 4.34 Å². The van der Waals surface area contributed by atoms with Crippen molar-refractivity contribution in [1.29, 1.82) is 5.26 Å². The number of hydrogen-bond donors (Lipinski definition) is 2. The van der Waals surface area contributed by atoms with Crippen molar-refractivity contribution < 1.29 is 14.1 Å². The summed E-state index contributed by atoms with van der Waals surface area (Å²) in [4.78, 5) is 17.2. The van der Waals surface area contributed by atoms with Crippen LogP contribution in [0.4, 0.5) is 0 Å². The number of nitriles is 1. The molecule has 0 spiro atoms. The molecule has 0 fully saturated rings. The van der Waals surface area contributed by atoms with Crippen LogP contribution in [0, 0.1) is 11.3 Å². The summed E-state index contributed by atoms with van der Waals surface area (Å²) in [7, 11) is -3.53. The maximum Gasteiger partial charge on any atom is 0.259 e. The normalized spacial score (nSPS) is 13.9. The average Bonchev–Trinajstić information content (AvgIpc) is 3.12. The Morgan fingerprint density at radius 1 is 1.30 bits per heavy atom. The highest BCUT2D eigenvalue weighted by atomic mass is 32.2. The molecule has 0 saturated heterocycles. The Morgan fingerprint density at radius 2 is 1.83 bits per heavy atom. The minimum Gasteiger partial charge on any atom is -0.385 e. The van der Waals surface area contributed by atoms with Gasteiger partial charge in [0.05, 0.1) is 28.5 Å². The summed E-state index contributed by atoms with van der Waals surface area (Å²) >= 11 is 0.972. The average molecular weight is 449 g/mol. The number of carbonyl (C=O) groups is 1. The molecular formula is C21H28N4O3S2. The van der Waals surface area contributed by atoms with Crippen LogP contribution in [-0.2, 0) is 26.7 Å². The molecule has 0 unspecified atom stereocenters. The zero-order valence-corrected chi connectivity index (χ0v) is 19.7. The SMILES string of the molecule is CC(C)c1cc(C#N)cc(C(C)C)c1CC(=O)N=[S@](N)(=O)c1ncc(C(C)(C)O)s1. The van der Waals surface area contributed by atoms with Crippen LogP contribution in [-0.4, -0.2) is 20.2 Å². The summed E-state index contributed by atoms with van der Waals surface area (Å²) in [6.07, 6.45) is 1.32. The molecular weight excluding hydrogens is 420 g/mol. The number of benzene rings is 1. The van der Waals surface area contributed by atoms with E-state index in [9.17, 15) is 19.4 Å². The lowest BCUT2D eigenvalue weighted by Gasteiger charge is -2.19. The van der Waals surface area contributed by atoms with E-state index in [-0.39, 0.29) is 22.6 Å². The Morgan fingerprint density at radius 3 is 2.23 bits per heavy atom. The van der Waals surface area contributed by atoms with Crippen molar-refractivity contribution in [1.82, 2.24) is 4.98 Å². The van der Waals surface area contributed by atoms with Gasteiger partial charge in [-0.05, 0) is 54.5 Å². The zero-order valence-electron chi connectivity index (χ0n) is 18.1. The second-order valence-corrected chi connectivity index (χ2v) is 11.3. The quantitative estimate of drug-likeness (QED) is 0.691. The van der Waals surface area contributed by atoms with Gasteiger partial charge in [0.25, 0.3) is 5.91 Å². The predicted molar refractivity (Wildman–Crippen MR) is 118 cm³/mol. The van der Waals surface area contributed by atoms with Crippen LogP contribution in [0.3, 0.4) is 0 Å². The van der Waals surface area contributed by atoms with E-state index in [0.29, 0.717) is 10.4 Å². The third kappa shape index (κ3) is 5.52. The molecule has 0 bridgehead atoms. The fourth-order valence-electron chi connectivity index (χ4n) is 3.07. The summed E-state index contributed by atoms with van der Waals surface area (Å²) < 4.78 is 16.7. The Balaban J connectivity index is 2.48. The molecule has 1 atom stereocenters. The van der Waals surface area contributed by atoms with E-state index in [0.717, 1.165) is 28.0 Å². The van der Waals surface area contributed by atoms with Gasteiger partial charge in [-0.25, -0.2) is 14.3 Å². The molecule has 1 amide bonds. The lowest BCUT2D eigenvalue weighted by Crippen LogP contribution is -2.17. The van der Waals surface area contributed by atoms with E-state index in [1.54, 1.807) is 26.0 Å². The van der Waals surface area contributed by atoms with Gasteiger partial charge in [-0.3, -0.25) is 4.79 Å². The highest BCUT2D eigenvalue weighted by Crippen LogP contribution is 2.31. The Kier molecular flexibility index (Phi) is 7.20. The monoisotopic (exact) mass is 448 g/mol. The third-order valence-corrected chi connectivity index (χ3v) is 7.75. The molecule has 1 aromatic carbocycles. The van der Waals surface area contributed by atoms with Gasteiger partial charge < -0.3 is 5.11 Å². The van der Waals surface area contributed by atoms with Crippen molar-refractivity contribution in [3.8, 4) is 6.07 Å². The second-order valence-electron chi connectivity index (χ2n) is 8.33. The van der Waals surface area contributed by atoms with Gasteiger partial charge in [0, 0.05) is 6.20 Å². The Labute approximate surface area is 182 Å². The molecule has 0 saturated carbocycles. The number of rotatable bonds is 6. The van der Waals surface area contributed by atoms with Crippen LogP contribution >= 0.6 is 11.3 Å². The maximum absolute atomic E-state index is 12.9. The number of nitrogens with zero attached hydrogens (tertiary/aromatic N) is 3. The van der Waals surface area contributed by atoms with Gasteiger partial charge in [0.1, 0.15) is 0 Å². The number of nitrogens with two attached hydrogens (primary N) is 1. The van der Waals surface area contributed by atoms with E-state index in [1.807, 2.05) is 27.7 Å². The molecule has 1 heterocycles. The molecule has 0 aliphatic heterocycles. The summed E-state index contributed by atoms with van der Waals surface area (Å²) in [5.74, 6) is -0.431. The summed E-state index contributed by atoms with van der Waals surface area (Å²) in [6, 6.07) is 5.74. The van der Waals surface area contributed by atoms with Crippen LogP contribution in [0.15, 0.2) is 27.0 Å². The second kappa shape index (κ2) is 8.94. The number of aromatic nitrogens is 1. The third-order valence-electron chi connectivity index (χ3n) is 4.60. The molecule has 0 aliphatic carbocycles. The highest BCUT2D eigenvalue weighted by Gasteiger charge is 2.24. The van der Waals surface area contributed by atoms with E-state index in [1.165, 1.54) is 6.20 Å². The smallest absolute Gasteiger partial charge is 0.259 e. The topological polar surface area (TPSA) is 129 Å². The maximum atomic E-state index is 12.9. The standard InChI is InChI=1S/C21H28N4O3S2/c1-12(2)15-7-14(10-22)8-16(13(3)4)17(15)9-19(26)25-30(23,28)20-24-11-18(29-20)21(5,6)27/h7-8,11-13,27H,9H2,1-6H3,(H2,23,25,26,28)/t30-/m0/s1. The molecule has 9 heteroatoms. The van der Waals surface area contributed by atoms with Crippen molar-refractivity contribution in [2.75, 3.05) is 0 Å². The first-order valence-corrected chi connectivity index (χ1v) is 12.0. The fourth-order valence-corrected chi connectivity index (χ4v) is 5.22. The lowest BCUT2D eigenvalue weighted by atomic mass is 9.85. The number of aliphatic hydroxyl groups is 1. The largest absolute Gasteiger partial charge is 0.385 e. The van der Waals surface area contributed by atoms with E-state index in [4.69, 9.17) is 5.14 Å². The Hall–Kier alpha value is -2.12. The van der Waals surface area contributed by atoms with Gasteiger partial charge >= 0.3 is 0 Å². The van der Waals surface area contributed by atoms with Gasteiger partial charge in [-0.2, -0.15) is 5.26 Å². The summed E-state index contributed by atoms with van der Waals surface area (Å²) in [5.41, 5.74) is 1.96. The molecule has 3 N–H and O–H groups in total. The minimum absolute atomic E-state index is 0.000898. The van der Waals surface area contributed by atoms with E-state index >= 15 is 0 Å². The molecule has 1 aromatic heterocycles. The minimum atomic E-state index is -3.53. The zero-order chi connectivity index (χ0) is 22.9. The first-order chi connectivity index (χ1) is 13.8. The summed E-state index contributed by atoms with van der Waals surface area (Å²) in [5, 5.41) is 25.3. The highest BCUT2D eigenvalue weighted by molar-refractivity contribution is 7.93. The van der Waals surface area contributed by atoms with Crippen molar-refractivity contribution in [3.63, 3.8) is 0 Å². The van der Waals surface area contributed by atoms with Crippen LogP contribution in [0.25, 0.3) is 0 Å². The molecule has 0 radical (unpaired) electrons. The van der Waals surface area contributed by atoms with Crippen LogP contribution in [0.5, 0.6) is 0 Å². The molecule has 2 aromatic rings. The van der Waals surface area contributed by atoms with Crippen molar-refractivity contribution in [2.45, 2.75) is 69.7 Å². The summed E-state index contributed by atoms with van der Waals surface area (Å²) in [6.45, 7) is 11.1. The first-order valence-electron chi connectivity index (χ1n) is 9.59.